The van der Waals surface area contributed by atoms with E-state index in [1.807, 2.05) is 25.2 Å². The lowest BCUT2D eigenvalue weighted by atomic mass is 9.88. The van der Waals surface area contributed by atoms with Crippen LogP contribution in [-0.2, 0) is 4.79 Å². The molecule has 1 aromatic carbocycles. The third-order valence-corrected chi connectivity index (χ3v) is 5.10. The topological polar surface area (TPSA) is 82.4 Å². The molecule has 2 amide bonds. The molecule has 3 rings (SSSR count). The average molecular weight is 342 g/mol. The Morgan fingerprint density at radius 1 is 1.12 bits per heavy atom. The molecule has 0 bridgehead atoms. The van der Waals surface area contributed by atoms with Gasteiger partial charge in [-0.2, -0.15) is 0 Å². The number of carbonyl (C=O) groups excluding carboxylic acids is 2. The Kier molecular flexibility index (Phi) is 4.70. The van der Waals surface area contributed by atoms with Gasteiger partial charge in [0.1, 0.15) is 5.82 Å². The second kappa shape index (κ2) is 6.78. The van der Waals surface area contributed by atoms with Crippen LogP contribution in [0.15, 0.2) is 18.2 Å². The molecule has 0 saturated heterocycles. The number of H-pyrrole nitrogens is 1. The first-order valence-corrected chi connectivity index (χ1v) is 8.80. The van der Waals surface area contributed by atoms with E-state index >= 15 is 0 Å². The summed E-state index contributed by atoms with van der Waals surface area (Å²) < 4.78 is 0. The minimum atomic E-state index is -0.136. The third kappa shape index (κ3) is 3.21. The monoisotopic (exact) mass is 342 g/mol. The van der Waals surface area contributed by atoms with Gasteiger partial charge in [-0.1, -0.05) is 19.3 Å². The molecule has 3 N–H and O–H groups in total. The van der Waals surface area contributed by atoms with Gasteiger partial charge < -0.3 is 20.5 Å². The summed E-state index contributed by atoms with van der Waals surface area (Å²) in [7, 11) is 5.22. The number of amides is 2. The number of benzene rings is 1. The van der Waals surface area contributed by atoms with Crippen molar-refractivity contribution in [3.63, 3.8) is 0 Å². The summed E-state index contributed by atoms with van der Waals surface area (Å²) >= 11 is 0. The molecule has 0 aliphatic heterocycles. The van der Waals surface area contributed by atoms with Crippen molar-refractivity contribution in [3.05, 3.63) is 23.8 Å². The number of anilines is 2. The zero-order chi connectivity index (χ0) is 18.1. The number of fused-ring (bicyclic) bond motifs is 1. The molecule has 1 fully saturated rings. The number of carbonyl (C=O) groups is 2. The number of aromatic nitrogens is 1. The molecule has 1 aromatic heterocycles. The highest BCUT2D eigenvalue weighted by Crippen LogP contribution is 2.31. The van der Waals surface area contributed by atoms with Gasteiger partial charge in [0.05, 0.1) is 5.56 Å². The van der Waals surface area contributed by atoms with Crippen molar-refractivity contribution < 1.29 is 9.59 Å². The minimum Gasteiger partial charge on any atom is -0.385 e. The quantitative estimate of drug-likeness (QED) is 0.899. The van der Waals surface area contributed by atoms with Crippen LogP contribution in [0, 0.1) is 5.92 Å². The van der Waals surface area contributed by atoms with Crippen molar-refractivity contribution in [2.24, 2.45) is 5.92 Å². The SMILES string of the molecule is CN(C)C(=O)c1c(N)[nH]c2cc(N(C)C(=O)C3CCCCC3)ccc12. The number of hydrogen-bond donors (Lipinski definition) is 2. The molecular formula is C19H26N4O2. The van der Waals surface area contributed by atoms with Crippen LogP contribution in [0.3, 0.4) is 0 Å². The Balaban J connectivity index is 1.91. The molecule has 6 nitrogen and oxygen atoms in total. The van der Waals surface area contributed by atoms with E-state index in [1.54, 1.807) is 19.0 Å². The molecule has 1 saturated carbocycles. The maximum atomic E-state index is 12.7. The normalized spacial score (nSPS) is 15.3. The molecule has 0 spiro atoms. The number of nitrogens with two attached hydrogens (primary N) is 1. The summed E-state index contributed by atoms with van der Waals surface area (Å²) in [5.74, 6) is 0.507. The summed E-state index contributed by atoms with van der Waals surface area (Å²) in [5.41, 5.74) is 8.07. The number of nitrogens with one attached hydrogen (secondary N) is 1. The summed E-state index contributed by atoms with van der Waals surface area (Å²) in [6.07, 6.45) is 5.44. The molecule has 1 heterocycles. The van der Waals surface area contributed by atoms with Crippen molar-refractivity contribution in [1.29, 1.82) is 0 Å². The Morgan fingerprint density at radius 3 is 2.44 bits per heavy atom. The largest absolute Gasteiger partial charge is 0.385 e. The highest BCUT2D eigenvalue weighted by molar-refractivity contribution is 6.12. The number of hydrogen-bond acceptors (Lipinski definition) is 3. The van der Waals surface area contributed by atoms with E-state index < -0.39 is 0 Å². The van der Waals surface area contributed by atoms with E-state index in [0.717, 1.165) is 42.3 Å². The first-order chi connectivity index (χ1) is 11.9. The number of nitrogens with zero attached hydrogens (tertiary/aromatic N) is 2. The van der Waals surface area contributed by atoms with Gasteiger partial charge in [0.25, 0.3) is 5.91 Å². The van der Waals surface area contributed by atoms with E-state index in [-0.39, 0.29) is 17.7 Å². The van der Waals surface area contributed by atoms with Crippen LogP contribution in [0.25, 0.3) is 10.9 Å². The number of aromatic amines is 1. The van der Waals surface area contributed by atoms with E-state index in [9.17, 15) is 9.59 Å². The molecule has 0 radical (unpaired) electrons. The standard InChI is InChI=1S/C19H26N4O2/c1-22(2)19(25)16-14-10-9-13(11-15(14)21-17(16)20)23(3)18(24)12-7-5-4-6-8-12/h9-12,21H,4-8,20H2,1-3H3. The summed E-state index contributed by atoms with van der Waals surface area (Å²) in [5, 5.41) is 0.776. The Morgan fingerprint density at radius 2 is 1.80 bits per heavy atom. The van der Waals surface area contributed by atoms with Crippen LogP contribution in [0.1, 0.15) is 42.5 Å². The van der Waals surface area contributed by atoms with Crippen LogP contribution < -0.4 is 10.6 Å². The van der Waals surface area contributed by atoms with Gasteiger partial charge in [-0.3, -0.25) is 9.59 Å². The van der Waals surface area contributed by atoms with E-state index in [2.05, 4.69) is 4.98 Å². The molecule has 134 valence electrons. The molecule has 0 atom stereocenters. The predicted molar refractivity (Wildman–Crippen MR) is 101 cm³/mol. The van der Waals surface area contributed by atoms with Crippen LogP contribution in [-0.4, -0.2) is 42.8 Å². The van der Waals surface area contributed by atoms with Gasteiger partial charge in [0.15, 0.2) is 0 Å². The maximum Gasteiger partial charge on any atom is 0.257 e. The van der Waals surface area contributed by atoms with Crippen molar-refractivity contribution in [3.8, 4) is 0 Å². The van der Waals surface area contributed by atoms with Crippen LogP contribution in [0.2, 0.25) is 0 Å². The van der Waals surface area contributed by atoms with Gasteiger partial charge in [0.2, 0.25) is 5.91 Å². The fourth-order valence-electron chi connectivity index (χ4n) is 3.62. The summed E-state index contributed by atoms with van der Waals surface area (Å²) in [6.45, 7) is 0. The Labute approximate surface area is 148 Å². The van der Waals surface area contributed by atoms with E-state index in [4.69, 9.17) is 5.73 Å². The van der Waals surface area contributed by atoms with Crippen molar-refractivity contribution in [2.45, 2.75) is 32.1 Å². The second-order valence-electron chi connectivity index (χ2n) is 7.08. The zero-order valence-corrected chi connectivity index (χ0v) is 15.1. The first-order valence-electron chi connectivity index (χ1n) is 8.80. The van der Waals surface area contributed by atoms with Crippen LogP contribution >= 0.6 is 0 Å². The van der Waals surface area contributed by atoms with Gasteiger partial charge in [-0.15, -0.1) is 0 Å². The zero-order valence-electron chi connectivity index (χ0n) is 15.1. The smallest absolute Gasteiger partial charge is 0.257 e. The fourth-order valence-corrected chi connectivity index (χ4v) is 3.62. The lowest BCUT2D eigenvalue weighted by Crippen LogP contribution is -2.33. The molecule has 1 aliphatic carbocycles. The van der Waals surface area contributed by atoms with Crippen molar-refractivity contribution >= 4 is 34.2 Å². The van der Waals surface area contributed by atoms with Gasteiger partial charge >= 0.3 is 0 Å². The van der Waals surface area contributed by atoms with Gasteiger partial charge in [-0.25, -0.2) is 0 Å². The van der Waals surface area contributed by atoms with Gasteiger partial charge in [0, 0.05) is 43.7 Å². The highest BCUT2D eigenvalue weighted by Gasteiger charge is 2.25. The number of nitrogen functional groups attached to an aromatic ring is 1. The summed E-state index contributed by atoms with van der Waals surface area (Å²) in [4.78, 5) is 31.4. The Bertz CT molecular complexity index is 803. The van der Waals surface area contributed by atoms with Crippen molar-refractivity contribution in [2.75, 3.05) is 31.8 Å². The molecule has 1 aliphatic rings. The average Bonchev–Trinajstić information content (AvgIpc) is 2.95. The predicted octanol–water partition coefficient (Wildman–Crippen LogP) is 3.00. The fraction of sp³-hybridized carbons (Fsp3) is 0.474. The Hall–Kier alpha value is -2.50. The van der Waals surface area contributed by atoms with Crippen LogP contribution in [0.4, 0.5) is 11.5 Å². The van der Waals surface area contributed by atoms with E-state index in [0.29, 0.717) is 11.4 Å². The molecule has 0 unspecified atom stereocenters. The van der Waals surface area contributed by atoms with Crippen LogP contribution in [0.5, 0.6) is 0 Å². The number of rotatable bonds is 3. The molecule has 6 heteroatoms. The van der Waals surface area contributed by atoms with Crippen molar-refractivity contribution in [1.82, 2.24) is 9.88 Å². The summed E-state index contributed by atoms with van der Waals surface area (Å²) in [6, 6.07) is 5.63. The van der Waals surface area contributed by atoms with E-state index in [1.165, 1.54) is 11.3 Å². The third-order valence-electron chi connectivity index (χ3n) is 5.10. The lowest BCUT2D eigenvalue weighted by molar-refractivity contribution is -0.123. The maximum absolute atomic E-state index is 12.7. The lowest BCUT2D eigenvalue weighted by Gasteiger charge is -2.26. The molecule has 2 aromatic rings. The van der Waals surface area contributed by atoms with Gasteiger partial charge in [-0.05, 0) is 31.0 Å². The first kappa shape index (κ1) is 17.3. The molecular weight excluding hydrogens is 316 g/mol. The second-order valence-corrected chi connectivity index (χ2v) is 7.08. The minimum absolute atomic E-state index is 0.119. The highest BCUT2D eigenvalue weighted by atomic mass is 16.2. The molecule has 25 heavy (non-hydrogen) atoms.